The highest BCUT2D eigenvalue weighted by molar-refractivity contribution is 5.23. The monoisotopic (exact) mass is 292 g/mol. The molecule has 0 unspecified atom stereocenters. The lowest BCUT2D eigenvalue weighted by atomic mass is 9.79. The molecule has 1 aliphatic carbocycles. The third-order valence-electron chi connectivity index (χ3n) is 5.18. The summed E-state index contributed by atoms with van der Waals surface area (Å²) < 4.78 is 0. The van der Waals surface area contributed by atoms with E-state index in [4.69, 9.17) is 0 Å². The van der Waals surface area contributed by atoms with Gasteiger partial charge in [-0.05, 0) is 38.5 Å². The summed E-state index contributed by atoms with van der Waals surface area (Å²) >= 11 is 0. The Hall–Kier alpha value is -1.17. The van der Waals surface area contributed by atoms with Crippen LogP contribution in [0.4, 0.5) is 0 Å². The molecule has 2 fully saturated rings. The van der Waals surface area contributed by atoms with E-state index in [1.54, 1.807) is 6.20 Å². The number of pyridine rings is 1. The van der Waals surface area contributed by atoms with Crippen molar-refractivity contribution in [1.29, 1.82) is 0 Å². The van der Waals surface area contributed by atoms with Crippen molar-refractivity contribution in [3.05, 3.63) is 33.2 Å². The number of hydrogen-bond donors (Lipinski definition) is 3. The van der Waals surface area contributed by atoms with Crippen molar-refractivity contribution < 1.29 is 10.2 Å². The molecular formula is C16H24N2O3. The molecule has 116 valence electrons. The lowest BCUT2D eigenvalue weighted by Gasteiger charge is -2.32. The number of aryl methyl sites for hydroxylation is 1. The molecule has 5 nitrogen and oxygen atoms in total. The Bertz CT molecular complexity index is 565. The summed E-state index contributed by atoms with van der Waals surface area (Å²) in [4.78, 5) is 17.6. The molecule has 1 aliphatic heterocycles. The summed E-state index contributed by atoms with van der Waals surface area (Å²) in [6, 6.07) is 0. The zero-order valence-electron chi connectivity index (χ0n) is 12.7. The van der Waals surface area contributed by atoms with E-state index < -0.39 is 12.2 Å². The number of aliphatic hydroxyl groups is 2. The highest BCUT2D eigenvalue weighted by Gasteiger charge is 2.41. The van der Waals surface area contributed by atoms with Crippen LogP contribution in [-0.2, 0) is 6.54 Å². The molecule has 3 N–H and O–H groups in total. The van der Waals surface area contributed by atoms with Gasteiger partial charge in [-0.1, -0.05) is 0 Å². The molecule has 5 heteroatoms. The molecule has 4 atom stereocenters. The smallest absolute Gasteiger partial charge is 0.187 e. The quantitative estimate of drug-likeness (QED) is 0.744. The van der Waals surface area contributed by atoms with E-state index in [0.717, 1.165) is 36.5 Å². The third kappa shape index (κ3) is 2.78. The van der Waals surface area contributed by atoms with Crippen LogP contribution in [0.1, 0.15) is 29.7 Å². The fourth-order valence-corrected chi connectivity index (χ4v) is 3.82. The van der Waals surface area contributed by atoms with Crippen LogP contribution in [0, 0.1) is 25.7 Å². The van der Waals surface area contributed by atoms with Crippen LogP contribution in [0.2, 0.25) is 0 Å². The molecule has 21 heavy (non-hydrogen) atoms. The average Bonchev–Trinajstić information content (AvgIpc) is 2.81. The van der Waals surface area contributed by atoms with Crippen molar-refractivity contribution in [3.63, 3.8) is 0 Å². The van der Waals surface area contributed by atoms with Gasteiger partial charge in [-0.2, -0.15) is 0 Å². The average molecular weight is 292 g/mol. The fraction of sp³-hybridized carbons (Fsp3) is 0.688. The van der Waals surface area contributed by atoms with Crippen LogP contribution in [0.3, 0.4) is 0 Å². The molecular weight excluding hydrogens is 268 g/mol. The largest absolute Gasteiger partial charge is 0.390 e. The SMILES string of the molecule is Cc1c[nH]c(CN2C[C@H]3C[C@H](O)[C@@H](O)C[C@H]3C2)c(C)c1=O. The highest BCUT2D eigenvalue weighted by Crippen LogP contribution is 2.36. The molecule has 1 aromatic rings. The first-order chi connectivity index (χ1) is 9.95. The maximum absolute atomic E-state index is 12.0. The van der Waals surface area contributed by atoms with Crippen molar-refractivity contribution in [2.45, 2.75) is 45.4 Å². The van der Waals surface area contributed by atoms with E-state index in [1.165, 1.54) is 0 Å². The maximum atomic E-state index is 12.0. The number of hydrogen-bond acceptors (Lipinski definition) is 4. The normalized spacial score (nSPS) is 33.1. The van der Waals surface area contributed by atoms with Crippen LogP contribution in [0.5, 0.6) is 0 Å². The second-order valence-corrected chi connectivity index (χ2v) is 6.72. The Morgan fingerprint density at radius 1 is 1.19 bits per heavy atom. The topological polar surface area (TPSA) is 76.6 Å². The van der Waals surface area contributed by atoms with Gasteiger partial charge in [-0.15, -0.1) is 0 Å². The van der Waals surface area contributed by atoms with Crippen molar-refractivity contribution in [2.75, 3.05) is 13.1 Å². The number of H-pyrrole nitrogens is 1. The van der Waals surface area contributed by atoms with Crippen LogP contribution >= 0.6 is 0 Å². The van der Waals surface area contributed by atoms with Gasteiger partial charge < -0.3 is 15.2 Å². The van der Waals surface area contributed by atoms with Gasteiger partial charge in [-0.25, -0.2) is 0 Å². The predicted octanol–water partition coefficient (Wildman–Crippen LogP) is 0.555. The number of aromatic nitrogens is 1. The Labute approximate surface area is 124 Å². The van der Waals surface area contributed by atoms with Crippen LogP contribution in [-0.4, -0.2) is 45.4 Å². The molecule has 0 radical (unpaired) electrons. The van der Waals surface area contributed by atoms with E-state index in [9.17, 15) is 15.0 Å². The zero-order valence-corrected chi connectivity index (χ0v) is 12.7. The lowest BCUT2D eigenvalue weighted by Crippen LogP contribution is -2.38. The Balaban J connectivity index is 1.71. The first-order valence-corrected chi connectivity index (χ1v) is 7.72. The summed E-state index contributed by atoms with van der Waals surface area (Å²) in [5.41, 5.74) is 2.64. The molecule has 1 saturated carbocycles. The Morgan fingerprint density at radius 3 is 2.33 bits per heavy atom. The minimum atomic E-state index is -0.577. The summed E-state index contributed by atoms with van der Waals surface area (Å²) in [5, 5.41) is 19.6. The number of fused-ring (bicyclic) bond motifs is 1. The fourth-order valence-electron chi connectivity index (χ4n) is 3.82. The predicted molar refractivity (Wildman–Crippen MR) is 80.0 cm³/mol. The summed E-state index contributed by atoms with van der Waals surface area (Å²) in [6.45, 7) is 6.30. The van der Waals surface area contributed by atoms with Gasteiger partial charge in [0, 0.05) is 42.7 Å². The minimum Gasteiger partial charge on any atom is -0.390 e. The minimum absolute atomic E-state index is 0.117. The molecule has 1 aromatic heterocycles. The molecule has 2 heterocycles. The maximum Gasteiger partial charge on any atom is 0.187 e. The van der Waals surface area contributed by atoms with E-state index in [-0.39, 0.29) is 5.43 Å². The van der Waals surface area contributed by atoms with E-state index in [1.807, 2.05) is 13.8 Å². The van der Waals surface area contributed by atoms with Crippen molar-refractivity contribution in [3.8, 4) is 0 Å². The number of rotatable bonds is 2. The molecule has 2 aliphatic rings. The number of aromatic amines is 1. The number of nitrogens with one attached hydrogen (secondary N) is 1. The van der Waals surface area contributed by atoms with Gasteiger partial charge >= 0.3 is 0 Å². The van der Waals surface area contributed by atoms with Crippen LogP contribution in [0.25, 0.3) is 0 Å². The first kappa shape index (κ1) is 14.8. The van der Waals surface area contributed by atoms with E-state index in [2.05, 4.69) is 9.88 Å². The summed E-state index contributed by atoms with van der Waals surface area (Å²) in [6.07, 6.45) is 2.00. The van der Waals surface area contributed by atoms with Crippen molar-refractivity contribution in [2.24, 2.45) is 11.8 Å². The van der Waals surface area contributed by atoms with Gasteiger partial charge in [-0.3, -0.25) is 9.69 Å². The number of likely N-dealkylation sites (tertiary alicyclic amines) is 1. The standard InChI is InChI=1S/C16H24N2O3/c1-9-5-17-13(10(2)16(9)21)8-18-6-11-3-14(19)15(20)4-12(11)7-18/h5,11-12,14-15,19-20H,3-4,6-8H2,1-2H3,(H,17,21)/t11-,12+,14-,15-/m0/s1. The van der Waals surface area contributed by atoms with Gasteiger partial charge in [0.15, 0.2) is 5.43 Å². The Kier molecular flexibility index (Phi) is 3.90. The second-order valence-electron chi connectivity index (χ2n) is 6.72. The van der Waals surface area contributed by atoms with Crippen LogP contribution in [0.15, 0.2) is 11.0 Å². The molecule has 0 spiro atoms. The van der Waals surface area contributed by atoms with E-state index >= 15 is 0 Å². The molecule has 0 amide bonds. The van der Waals surface area contributed by atoms with Gasteiger partial charge in [0.05, 0.1) is 12.2 Å². The van der Waals surface area contributed by atoms with Gasteiger partial charge in [0.1, 0.15) is 0 Å². The van der Waals surface area contributed by atoms with Gasteiger partial charge in [0.2, 0.25) is 0 Å². The molecule has 0 bridgehead atoms. The zero-order chi connectivity index (χ0) is 15.1. The summed E-state index contributed by atoms with van der Waals surface area (Å²) in [7, 11) is 0. The lowest BCUT2D eigenvalue weighted by molar-refractivity contribution is -0.0372. The second kappa shape index (κ2) is 5.55. The van der Waals surface area contributed by atoms with Crippen LogP contribution < -0.4 is 5.43 Å². The highest BCUT2D eigenvalue weighted by atomic mass is 16.3. The number of aliphatic hydroxyl groups excluding tert-OH is 2. The third-order valence-corrected chi connectivity index (χ3v) is 5.18. The molecule has 1 saturated heterocycles. The number of nitrogens with zero attached hydrogens (tertiary/aromatic N) is 1. The van der Waals surface area contributed by atoms with E-state index in [0.29, 0.717) is 24.7 Å². The first-order valence-electron chi connectivity index (χ1n) is 7.72. The molecule has 3 rings (SSSR count). The van der Waals surface area contributed by atoms with Crippen molar-refractivity contribution >= 4 is 0 Å². The Morgan fingerprint density at radius 2 is 1.76 bits per heavy atom. The van der Waals surface area contributed by atoms with Gasteiger partial charge in [0.25, 0.3) is 0 Å². The summed E-state index contributed by atoms with van der Waals surface area (Å²) in [5.74, 6) is 0.918. The molecule has 0 aromatic carbocycles. The van der Waals surface area contributed by atoms with Crippen molar-refractivity contribution in [1.82, 2.24) is 9.88 Å².